The minimum Gasteiger partial charge on any atom is -0.508 e. The van der Waals surface area contributed by atoms with Gasteiger partial charge in [0, 0.05) is 22.6 Å². The molecule has 0 radical (unpaired) electrons. The van der Waals surface area contributed by atoms with Crippen LogP contribution < -0.4 is 0 Å². The van der Waals surface area contributed by atoms with Gasteiger partial charge in [-0.25, -0.2) is 9.18 Å². The van der Waals surface area contributed by atoms with Crippen LogP contribution in [-0.4, -0.2) is 28.0 Å². The van der Waals surface area contributed by atoms with Crippen LogP contribution in [0.5, 0.6) is 5.75 Å². The molecule has 0 bridgehead atoms. The molecule has 0 saturated carbocycles. The molecule has 0 aliphatic rings. The summed E-state index contributed by atoms with van der Waals surface area (Å²) in [5, 5.41) is 9.24. The van der Waals surface area contributed by atoms with Gasteiger partial charge in [0.05, 0.1) is 5.56 Å². The Morgan fingerprint density at radius 1 is 1.04 bits per heavy atom. The van der Waals surface area contributed by atoms with E-state index in [1.54, 1.807) is 25.1 Å². The van der Waals surface area contributed by atoms with Crippen LogP contribution in [0.2, 0.25) is 0 Å². The summed E-state index contributed by atoms with van der Waals surface area (Å²) in [5.74, 6) is -1.27. The maximum atomic E-state index is 13.1. The lowest BCUT2D eigenvalue weighted by atomic mass is 10.1. The minimum absolute atomic E-state index is 0.0378. The molecule has 0 aliphatic carbocycles. The third-order valence-electron chi connectivity index (χ3n) is 4.25. The quantitative estimate of drug-likeness (QED) is 0.547. The lowest BCUT2D eigenvalue weighted by Crippen LogP contribution is -2.15. The van der Waals surface area contributed by atoms with E-state index < -0.39 is 12.6 Å². The van der Waals surface area contributed by atoms with E-state index in [0.717, 1.165) is 11.4 Å². The van der Waals surface area contributed by atoms with Crippen molar-refractivity contribution in [3.05, 3.63) is 82.9 Å². The van der Waals surface area contributed by atoms with Gasteiger partial charge in [-0.15, -0.1) is 0 Å². The number of aromatic nitrogens is 1. The lowest BCUT2D eigenvalue weighted by molar-refractivity contribution is 0.0474. The van der Waals surface area contributed by atoms with Gasteiger partial charge in [-0.2, -0.15) is 0 Å². The number of benzene rings is 2. The van der Waals surface area contributed by atoms with Crippen LogP contribution in [0.4, 0.5) is 4.39 Å². The van der Waals surface area contributed by atoms with E-state index in [1.807, 2.05) is 11.5 Å². The summed E-state index contributed by atoms with van der Waals surface area (Å²) < 4.78 is 20.1. The summed E-state index contributed by atoms with van der Waals surface area (Å²) in [4.78, 5) is 24.5. The summed E-state index contributed by atoms with van der Waals surface area (Å²) in [6.45, 7) is 3.23. The molecular weight excluding hydrogens is 349 g/mol. The van der Waals surface area contributed by atoms with Gasteiger partial charge in [-0.3, -0.25) is 4.79 Å². The number of phenols is 1. The average Bonchev–Trinajstić information content (AvgIpc) is 2.95. The minimum atomic E-state index is -0.643. The highest BCUT2D eigenvalue weighted by atomic mass is 19.1. The van der Waals surface area contributed by atoms with Crippen molar-refractivity contribution < 1.29 is 23.8 Å². The number of esters is 1. The summed E-state index contributed by atoms with van der Waals surface area (Å²) in [6, 6.07) is 13.3. The smallest absolute Gasteiger partial charge is 0.338 e. The number of carbonyl (C=O) groups excluding carboxylic acids is 2. The summed E-state index contributed by atoms with van der Waals surface area (Å²) in [5.41, 5.74) is 2.93. The number of hydrogen-bond acceptors (Lipinski definition) is 4. The Kier molecular flexibility index (Phi) is 5.07. The molecule has 0 aliphatic heterocycles. The Labute approximate surface area is 155 Å². The molecule has 3 rings (SSSR count). The largest absolute Gasteiger partial charge is 0.508 e. The summed E-state index contributed by atoms with van der Waals surface area (Å²) >= 11 is 0. The van der Waals surface area contributed by atoms with Crippen molar-refractivity contribution >= 4 is 11.8 Å². The molecule has 5 nitrogen and oxygen atoms in total. The van der Waals surface area contributed by atoms with Crippen LogP contribution >= 0.6 is 0 Å². The standard InChI is InChI=1S/C21H18FNO4/c1-13-11-19(14(2)23(13)17-7-5-16(22)6-8-17)20(25)12-27-21(26)15-3-9-18(24)10-4-15/h3-11,24H,12H2,1-2H3. The Morgan fingerprint density at radius 2 is 1.67 bits per heavy atom. The van der Waals surface area contributed by atoms with Gasteiger partial charge in [0.25, 0.3) is 0 Å². The van der Waals surface area contributed by atoms with Gasteiger partial charge in [-0.05, 0) is 68.4 Å². The molecule has 0 fully saturated rings. The molecule has 138 valence electrons. The molecule has 6 heteroatoms. The molecule has 0 atom stereocenters. The van der Waals surface area contributed by atoms with E-state index >= 15 is 0 Å². The number of Topliss-reactive ketones (excluding diaryl/α,β-unsaturated/α-hetero) is 1. The maximum Gasteiger partial charge on any atom is 0.338 e. The van der Waals surface area contributed by atoms with Crippen molar-refractivity contribution in [3.8, 4) is 11.4 Å². The van der Waals surface area contributed by atoms with Gasteiger partial charge in [0.2, 0.25) is 5.78 Å². The second kappa shape index (κ2) is 7.45. The fourth-order valence-corrected chi connectivity index (χ4v) is 2.92. The second-order valence-corrected chi connectivity index (χ2v) is 6.14. The predicted octanol–water partition coefficient (Wildman–Crippen LogP) is 3.98. The number of hydrogen-bond donors (Lipinski definition) is 1. The number of ketones is 1. The topological polar surface area (TPSA) is 68.5 Å². The van der Waals surface area contributed by atoms with E-state index in [0.29, 0.717) is 11.3 Å². The molecule has 1 heterocycles. The zero-order chi connectivity index (χ0) is 19.6. The zero-order valence-corrected chi connectivity index (χ0v) is 14.9. The maximum absolute atomic E-state index is 13.1. The highest BCUT2D eigenvalue weighted by Gasteiger charge is 2.18. The molecule has 2 aromatic carbocycles. The third kappa shape index (κ3) is 3.89. The van der Waals surface area contributed by atoms with Crippen molar-refractivity contribution in [1.29, 1.82) is 0 Å². The highest BCUT2D eigenvalue weighted by Crippen LogP contribution is 2.22. The molecular formula is C21H18FNO4. The first-order valence-corrected chi connectivity index (χ1v) is 8.31. The van der Waals surface area contributed by atoms with Crippen molar-refractivity contribution in [2.75, 3.05) is 6.61 Å². The number of aryl methyl sites for hydroxylation is 1. The van der Waals surface area contributed by atoms with Gasteiger partial charge in [0.1, 0.15) is 11.6 Å². The Hall–Kier alpha value is -3.41. The fourth-order valence-electron chi connectivity index (χ4n) is 2.92. The average molecular weight is 367 g/mol. The number of nitrogens with zero attached hydrogens (tertiary/aromatic N) is 1. The number of ether oxygens (including phenoxy) is 1. The van der Waals surface area contributed by atoms with Crippen LogP contribution in [0, 0.1) is 19.7 Å². The van der Waals surface area contributed by atoms with Crippen molar-refractivity contribution in [2.24, 2.45) is 0 Å². The van der Waals surface area contributed by atoms with Gasteiger partial charge in [0.15, 0.2) is 6.61 Å². The molecule has 0 saturated heterocycles. The number of phenolic OH excluding ortho intramolecular Hbond substituents is 1. The first-order chi connectivity index (χ1) is 12.9. The molecule has 0 amide bonds. The second-order valence-electron chi connectivity index (χ2n) is 6.14. The van der Waals surface area contributed by atoms with Crippen LogP contribution in [0.1, 0.15) is 32.1 Å². The first kappa shape index (κ1) is 18.4. The zero-order valence-electron chi connectivity index (χ0n) is 14.9. The number of rotatable bonds is 5. The molecule has 1 aromatic heterocycles. The van der Waals surface area contributed by atoms with Gasteiger partial charge >= 0.3 is 5.97 Å². The van der Waals surface area contributed by atoms with Gasteiger partial charge in [-0.1, -0.05) is 0 Å². The normalized spacial score (nSPS) is 10.6. The Bertz CT molecular complexity index is 988. The third-order valence-corrected chi connectivity index (χ3v) is 4.25. The van der Waals surface area contributed by atoms with E-state index in [9.17, 15) is 19.1 Å². The van der Waals surface area contributed by atoms with Crippen LogP contribution in [0.3, 0.4) is 0 Å². The van der Waals surface area contributed by atoms with Crippen molar-refractivity contribution in [1.82, 2.24) is 4.57 Å². The summed E-state index contributed by atoms with van der Waals surface area (Å²) in [7, 11) is 0. The number of carbonyl (C=O) groups is 2. The predicted molar refractivity (Wildman–Crippen MR) is 97.9 cm³/mol. The van der Waals surface area contributed by atoms with E-state index in [4.69, 9.17) is 4.74 Å². The lowest BCUT2D eigenvalue weighted by Gasteiger charge is -2.10. The monoisotopic (exact) mass is 367 g/mol. The van der Waals surface area contributed by atoms with Gasteiger partial charge < -0.3 is 14.4 Å². The SMILES string of the molecule is Cc1cc(C(=O)COC(=O)c2ccc(O)cc2)c(C)n1-c1ccc(F)cc1. The number of halogens is 1. The molecule has 3 aromatic rings. The molecule has 27 heavy (non-hydrogen) atoms. The molecule has 0 unspecified atom stereocenters. The van der Waals surface area contributed by atoms with Crippen molar-refractivity contribution in [2.45, 2.75) is 13.8 Å². The van der Waals surface area contributed by atoms with Crippen LogP contribution in [0.15, 0.2) is 54.6 Å². The Balaban J connectivity index is 1.75. The van der Waals surface area contributed by atoms with E-state index in [1.165, 1.54) is 36.4 Å². The van der Waals surface area contributed by atoms with Crippen molar-refractivity contribution in [3.63, 3.8) is 0 Å². The van der Waals surface area contributed by atoms with Crippen LogP contribution in [-0.2, 0) is 4.74 Å². The summed E-state index contributed by atoms with van der Waals surface area (Å²) in [6.07, 6.45) is 0. The molecule has 0 spiro atoms. The fraction of sp³-hybridized carbons (Fsp3) is 0.143. The Morgan fingerprint density at radius 3 is 2.30 bits per heavy atom. The molecule has 1 N–H and O–H groups in total. The van der Waals surface area contributed by atoms with E-state index in [2.05, 4.69) is 0 Å². The van der Waals surface area contributed by atoms with E-state index in [-0.39, 0.29) is 22.9 Å². The first-order valence-electron chi connectivity index (χ1n) is 8.31. The number of aromatic hydroxyl groups is 1. The highest BCUT2D eigenvalue weighted by molar-refractivity contribution is 6.00. The van der Waals surface area contributed by atoms with Crippen LogP contribution in [0.25, 0.3) is 5.69 Å².